The van der Waals surface area contributed by atoms with Gasteiger partial charge >= 0.3 is 0 Å². The summed E-state index contributed by atoms with van der Waals surface area (Å²) < 4.78 is 12.1. The van der Waals surface area contributed by atoms with Crippen molar-refractivity contribution in [3.8, 4) is 0 Å². The Morgan fingerprint density at radius 1 is 0.789 bits per heavy atom. The third-order valence-electron chi connectivity index (χ3n) is 4.22. The van der Waals surface area contributed by atoms with E-state index < -0.39 is 0 Å². The molecule has 2 heteroatoms. The Morgan fingerprint density at radius 3 is 1.47 bits per heavy atom. The molecular weight excluding hydrogens is 236 g/mol. The molecule has 0 saturated heterocycles. The number of fused-ring (bicyclic) bond motifs is 2. The predicted octanol–water partition coefficient (Wildman–Crippen LogP) is 4.05. The summed E-state index contributed by atoms with van der Waals surface area (Å²) in [4.78, 5) is 0. The molecule has 1 saturated carbocycles. The highest BCUT2D eigenvalue weighted by Crippen LogP contribution is 2.48. The number of rotatable bonds is 4. The average Bonchev–Trinajstić information content (AvgIpc) is 2.81. The molecule has 0 amide bonds. The zero-order valence-corrected chi connectivity index (χ0v) is 13.4. The molecular formula is C17H30O2. The highest BCUT2D eigenvalue weighted by Gasteiger charge is 2.45. The van der Waals surface area contributed by atoms with Crippen molar-refractivity contribution in [2.45, 2.75) is 59.2 Å². The smallest absolute Gasteiger partial charge is 0.0598 e. The zero-order chi connectivity index (χ0) is 14.3. The predicted molar refractivity (Wildman–Crippen MR) is 79.1 cm³/mol. The second-order valence-corrected chi connectivity index (χ2v) is 8.12. The first-order valence-corrected chi connectivity index (χ1v) is 7.62. The second kappa shape index (κ2) is 5.21. The molecule has 19 heavy (non-hydrogen) atoms. The van der Waals surface area contributed by atoms with Gasteiger partial charge in [-0.15, -0.1) is 0 Å². The summed E-state index contributed by atoms with van der Waals surface area (Å²) in [6.07, 6.45) is 6.10. The fourth-order valence-electron chi connectivity index (χ4n) is 3.21. The Hall–Kier alpha value is -0.340. The van der Waals surface area contributed by atoms with Crippen LogP contribution in [0.25, 0.3) is 0 Å². The number of hydrogen-bond donors (Lipinski definition) is 0. The van der Waals surface area contributed by atoms with Gasteiger partial charge in [-0.3, -0.25) is 0 Å². The van der Waals surface area contributed by atoms with Crippen LogP contribution < -0.4 is 0 Å². The van der Waals surface area contributed by atoms with Gasteiger partial charge in [-0.25, -0.2) is 0 Å². The van der Waals surface area contributed by atoms with Crippen molar-refractivity contribution >= 4 is 0 Å². The van der Waals surface area contributed by atoms with E-state index in [4.69, 9.17) is 9.47 Å². The Balaban J connectivity index is 1.94. The Morgan fingerprint density at radius 2 is 1.16 bits per heavy atom. The quantitative estimate of drug-likeness (QED) is 0.715. The van der Waals surface area contributed by atoms with Crippen LogP contribution in [0.15, 0.2) is 12.2 Å². The first-order valence-electron chi connectivity index (χ1n) is 7.62. The van der Waals surface area contributed by atoms with Crippen molar-refractivity contribution in [3.63, 3.8) is 0 Å². The summed E-state index contributed by atoms with van der Waals surface area (Å²) in [6, 6.07) is 0. The summed E-state index contributed by atoms with van der Waals surface area (Å²) in [5.41, 5.74) is -0.0814. The second-order valence-electron chi connectivity index (χ2n) is 8.12. The van der Waals surface area contributed by atoms with Gasteiger partial charge in [0.25, 0.3) is 0 Å². The lowest BCUT2D eigenvalue weighted by molar-refractivity contribution is -0.0663. The van der Waals surface area contributed by atoms with Gasteiger partial charge in [-0.05, 0) is 71.6 Å². The van der Waals surface area contributed by atoms with Crippen LogP contribution >= 0.6 is 0 Å². The fourth-order valence-corrected chi connectivity index (χ4v) is 3.21. The van der Waals surface area contributed by atoms with Gasteiger partial charge in [0.05, 0.1) is 24.4 Å². The van der Waals surface area contributed by atoms with E-state index in [2.05, 4.69) is 53.7 Å². The van der Waals surface area contributed by atoms with Crippen LogP contribution in [-0.4, -0.2) is 24.4 Å². The van der Waals surface area contributed by atoms with Gasteiger partial charge < -0.3 is 9.47 Å². The molecule has 2 aliphatic rings. The van der Waals surface area contributed by atoms with E-state index in [0.717, 1.165) is 13.2 Å². The number of hydrogen-bond acceptors (Lipinski definition) is 2. The molecule has 4 unspecified atom stereocenters. The molecule has 0 aromatic carbocycles. The van der Waals surface area contributed by atoms with Crippen LogP contribution in [0.3, 0.4) is 0 Å². The minimum absolute atomic E-state index is 0.0407. The van der Waals surface area contributed by atoms with Crippen LogP contribution in [0.2, 0.25) is 0 Å². The van der Waals surface area contributed by atoms with E-state index in [-0.39, 0.29) is 11.2 Å². The van der Waals surface area contributed by atoms with Crippen LogP contribution in [0, 0.1) is 23.7 Å². The largest absolute Gasteiger partial charge is 0.376 e. The van der Waals surface area contributed by atoms with Crippen molar-refractivity contribution in [3.05, 3.63) is 12.2 Å². The van der Waals surface area contributed by atoms with Crippen LogP contribution in [-0.2, 0) is 9.47 Å². The number of allylic oxidation sites excluding steroid dienone is 2. The summed E-state index contributed by atoms with van der Waals surface area (Å²) in [7, 11) is 0. The molecule has 0 heterocycles. The summed E-state index contributed by atoms with van der Waals surface area (Å²) in [5, 5.41) is 0. The molecule has 2 bridgehead atoms. The van der Waals surface area contributed by atoms with Crippen LogP contribution in [0.5, 0.6) is 0 Å². The molecule has 0 N–H and O–H groups in total. The lowest BCUT2D eigenvalue weighted by Gasteiger charge is -2.32. The first-order chi connectivity index (χ1) is 8.66. The van der Waals surface area contributed by atoms with Gasteiger partial charge in [0.2, 0.25) is 0 Å². The molecule has 1 fully saturated rings. The third-order valence-corrected chi connectivity index (χ3v) is 4.22. The third kappa shape index (κ3) is 4.06. The standard InChI is InChI=1S/C17H30O2/c1-16(2,3)18-10-14-12-7-8-13(9-12)15(14)11-19-17(4,5)6/h7-8,12-15H,9-11H2,1-6H3. The highest BCUT2D eigenvalue weighted by molar-refractivity contribution is 5.13. The monoisotopic (exact) mass is 266 g/mol. The van der Waals surface area contributed by atoms with Crippen molar-refractivity contribution in [2.24, 2.45) is 23.7 Å². The van der Waals surface area contributed by atoms with Crippen molar-refractivity contribution in [1.82, 2.24) is 0 Å². The van der Waals surface area contributed by atoms with Crippen molar-refractivity contribution < 1.29 is 9.47 Å². The molecule has 0 radical (unpaired) electrons. The maximum atomic E-state index is 6.04. The molecule has 0 aliphatic heterocycles. The van der Waals surface area contributed by atoms with E-state index in [1.54, 1.807) is 0 Å². The molecule has 2 aliphatic carbocycles. The molecule has 4 atom stereocenters. The van der Waals surface area contributed by atoms with E-state index >= 15 is 0 Å². The molecule has 110 valence electrons. The average molecular weight is 266 g/mol. The molecule has 0 aromatic heterocycles. The van der Waals surface area contributed by atoms with E-state index in [0.29, 0.717) is 23.7 Å². The Bertz CT molecular complexity index is 300. The summed E-state index contributed by atoms with van der Waals surface area (Å²) in [6.45, 7) is 14.6. The SMILES string of the molecule is CC(C)(C)OCC1C2C=CC(C2)C1COC(C)(C)C. The molecule has 0 aromatic rings. The van der Waals surface area contributed by atoms with E-state index in [1.807, 2.05) is 0 Å². The minimum atomic E-state index is -0.0407. The Kier molecular flexibility index (Phi) is 4.13. The van der Waals surface area contributed by atoms with Gasteiger partial charge in [-0.2, -0.15) is 0 Å². The lowest BCUT2D eigenvalue weighted by Crippen LogP contribution is -2.34. The van der Waals surface area contributed by atoms with Gasteiger partial charge in [0.15, 0.2) is 0 Å². The molecule has 0 spiro atoms. The van der Waals surface area contributed by atoms with Crippen molar-refractivity contribution in [1.29, 1.82) is 0 Å². The highest BCUT2D eigenvalue weighted by atomic mass is 16.5. The van der Waals surface area contributed by atoms with Crippen LogP contribution in [0.4, 0.5) is 0 Å². The van der Waals surface area contributed by atoms with E-state index in [1.165, 1.54) is 6.42 Å². The molecule has 2 nitrogen and oxygen atoms in total. The fraction of sp³-hybridized carbons (Fsp3) is 0.882. The van der Waals surface area contributed by atoms with Crippen molar-refractivity contribution in [2.75, 3.05) is 13.2 Å². The van der Waals surface area contributed by atoms with Gasteiger partial charge in [0, 0.05) is 0 Å². The minimum Gasteiger partial charge on any atom is -0.376 e. The van der Waals surface area contributed by atoms with Gasteiger partial charge in [-0.1, -0.05) is 12.2 Å². The zero-order valence-electron chi connectivity index (χ0n) is 13.4. The summed E-state index contributed by atoms with van der Waals surface area (Å²) >= 11 is 0. The molecule has 2 rings (SSSR count). The first kappa shape index (κ1) is 15.1. The maximum Gasteiger partial charge on any atom is 0.0598 e. The Labute approximate surface area is 118 Å². The van der Waals surface area contributed by atoms with E-state index in [9.17, 15) is 0 Å². The lowest BCUT2D eigenvalue weighted by atomic mass is 9.84. The number of ether oxygens (including phenoxy) is 2. The topological polar surface area (TPSA) is 18.5 Å². The maximum absolute atomic E-state index is 6.04. The normalized spacial score (nSPS) is 34.2. The van der Waals surface area contributed by atoms with Crippen LogP contribution in [0.1, 0.15) is 48.0 Å². The summed E-state index contributed by atoms with van der Waals surface area (Å²) in [5.74, 6) is 2.69. The van der Waals surface area contributed by atoms with Gasteiger partial charge in [0.1, 0.15) is 0 Å².